The molecular formula is C13H25N3O2. The van der Waals surface area contributed by atoms with Crippen LogP contribution in [0.5, 0.6) is 0 Å². The van der Waals surface area contributed by atoms with Gasteiger partial charge in [-0.15, -0.1) is 0 Å². The zero-order chi connectivity index (χ0) is 13.0. The van der Waals surface area contributed by atoms with Gasteiger partial charge in [0.2, 0.25) is 5.91 Å². The third kappa shape index (κ3) is 3.67. The molecule has 2 fully saturated rings. The predicted molar refractivity (Wildman–Crippen MR) is 70.2 cm³/mol. The van der Waals surface area contributed by atoms with Gasteiger partial charge in [0, 0.05) is 13.1 Å². The van der Waals surface area contributed by atoms with Crippen molar-refractivity contribution in [1.29, 1.82) is 0 Å². The van der Waals surface area contributed by atoms with Crippen LogP contribution in [0.1, 0.15) is 25.7 Å². The van der Waals surface area contributed by atoms with Crippen molar-refractivity contribution >= 4 is 5.91 Å². The summed E-state index contributed by atoms with van der Waals surface area (Å²) in [6.45, 7) is 3.57. The van der Waals surface area contributed by atoms with E-state index in [4.69, 9.17) is 10.5 Å². The van der Waals surface area contributed by atoms with Crippen LogP contribution in [0.25, 0.3) is 0 Å². The summed E-state index contributed by atoms with van der Waals surface area (Å²) in [4.78, 5) is 14.3. The van der Waals surface area contributed by atoms with Crippen molar-refractivity contribution < 1.29 is 9.53 Å². The number of rotatable bonds is 4. The summed E-state index contributed by atoms with van der Waals surface area (Å²) in [6, 6.07) is 0. The van der Waals surface area contributed by atoms with E-state index in [0.29, 0.717) is 12.5 Å². The first kappa shape index (κ1) is 13.8. The predicted octanol–water partition coefficient (Wildman–Crippen LogP) is -0.0493. The largest absolute Gasteiger partial charge is 0.364 e. The lowest BCUT2D eigenvalue weighted by atomic mass is 9.97. The summed E-state index contributed by atoms with van der Waals surface area (Å²) in [6.07, 6.45) is 3.86. The topological polar surface area (TPSA) is 67.6 Å². The average molecular weight is 255 g/mol. The molecule has 5 nitrogen and oxygen atoms in total. The van der Waals surface area contributed by atoms with Gasteiger partial charge < -0.3 is 20.7 Å². The molecule has 0 radical (unpaired) electrons. The first-order valence-corrected chi connectivity index (χ1v) is 7.01. The monoisotopic (exact) mass is 255 g/mol. The fourth-order valence-electron chi connectivity index (χ4n) is 2.70. The maximum absolute atomic E-state index is 11.9. The Morgan fingerprint density at radius 2 is 2.06 bits per heavy atom. The van der Waals surface area contributed by atoms with Crippen molar-refractivity contribution in [1.82, 2.24) is 10.2 Å². The molecule has 2 aliphatic rings. The molecule has 2 heterocycles. The quantitative estimate of drug-likeness (QED) is 0.739. The molecular weight excluding hydrogens is 230 g/mol. The van der Waals surface area contributed by atoms with E-state index in [2.05, 4.69) is 17.3 Å². The lowest BCUT2D eigenvalue weighted by Crippen LogP contribution is -2.41. The first-order valence-electron chi connectivity index (χ1n) is 7.01. The Bertz CT molecular complexity index is 277. The summed E-state index contributed by atoms with van der Waals surface area (Å²) in [5, 5.41) is 3.03. The number of amides is 1. The van der Waals surface area contributed by atoms with Crippen LogP contribution in [-0.4, -0.2) is 56.2 Å². The number of nitrogens with two attached hydrogens (primary N) is 1. The number of carbonyl (C=O) groups is 1. The number of hydrogen-bond acceptors (Lipinski definition) is 4. The molecule has 0 bridgehead atoms. The van der Waals surface area contributed by atoms with E-state index in [1.807, 2.05) is 0 Å². The summed E-state index contributed by atoms with van der Waals surface area (Å²) in [7, 11) is 2.15. The Balaban J connectivity index is 1.66. The second-order valence-electron chi connectivity index (χ2n) is 5.55. The molecule has 0 spiro atoms. The van der Waals surface area contributed by atoms with E-state index >= 15 is 0 Å². The van der Waals surface area contributed by atoms with Crippen LogP contribution >= 0.6 is 0 Å². The van der Waals surface area contributed by atoms with E-state index < -0.39 is 0 Å². The number of nitrogens with zero attached hydrogens (tertiary/aromatic N) is 1. The maximum Gasteiger partial charge on any atom is 0.249 e. The zero-order valence-electron chi connectivity index (χ0n) is 11.2. The molecule has 2 saturated heterocycles. The molecule has 0 unspecified atom stereocenters. The zero-order valence-corrected chi connectivity index (χ0v) is 11.2. The van der Waals surface area contributed by atoms with Crippen LogP contribution in [0.15, 0.2) is 0 Å². The second-order valence-corrected chi connectivity index (χ2v) is 5.55. The molecule has 2 atom stereocenters. The molecule has 0 saturated carbocycles. The van der Waals surface area contributed by atoms with Gasteiger partial charge in [-0.2, -0.15) is 0 Å². The molecule has 5 heteroatoms. The number of likely N-dealkylation sites (tertiary alicyclic amines) is 1. The number of hydrogen-bond donors (Lipinski definition) is 2. The molecule has 18 heavy (non-hydrogen) atoms. The lowest BCUT2D eigenvalue weighted by Gasteiger charge is -2.29. The van der Waals surface area contributed by atoms with Crippen LogP contribution < -0.4 is 11.1 Å². The van der Waals surface area contributed by atoms with Gasteiger partial charge in [-0.25, -0.2) is 0 Å². The third-order valence-corrected chi connectivity index (χ3v) is 4.07. The third-order valence-electron chi connectivity index (χ3n) is 4.07. The smallest absolute Gasteiger partial charge is 0.249 e. The minimum Gasteiger partial charge on any atom is -0.364 e. The van der Waals surface area contributed by atoms with E-state index in [1.165, 1.54) is 12.8 Å². The van der Waals surface area contributed by atoms with Crippen molar-refractivity contribution in [2.24, 2.45) is 11.7 Å². The Hall–Kier alpha value is -0.650. The van der Waals surface area contributed by atoms with Crippen LogP contribution in [0, 0.1) is 5.92 Å². The van der Waals surface area contributed by atoms with Gasteiger partial charge in [-0.05, 0) is 51.7 Å². The maximum atomic E-state index is 11.9. The first-order chi connectivity index (χ1) is 8.69. The Morgan fingerprint density at radius 3 is 2.67 bits per heavy atom. The average Bonchev–Trinajstić information content (AvgIpc) is 2.86. The summed E-state index contributed by atoms with van der Waals surface area (Å²) in [5.74, 6) is 0.668. The highest BCUT2D eigenvalue weighted by molar-refractivity contribution is 5.81. The standard InChI is InChI=1S/C13H25N3O2/c1-16-6-4-10(5-7-16)9-15-13(17)12-3-2-11(8-14)18-12/h10-12H,2-9,14H2,1H3,(H,15,17)/t11-,12+/m1/s1. The van der Waals surface area contributed by atoms with Crippen LogP contribution in [0.2, 0.25) is 0 Å². The Morgan fingerprint density at radius 1 is 1.33 bits per heavy atom. The molecule has 1 amide bonds. The molecule has 0 aliphatic carbocycles. The fraction of sp³-hybridized carbons (Fsp3) is 0.923. The van der Waals surface area contributed by atoms with Gasteiger partial charge in [0.1, 0.15) is 6.10 Å². The molecule has 104 valence electrons. The Labute approximate surface area is 109 Å². The van der Waals surface area contributed by atoms with Gasteiger partial charge in [0.05, 0.1) is 6.10 Å². The minimum absolute atomic E-state index is 0.0462. The molecule has 2 aliphatic heterocycles. The van der Waals surface area contributed by atoms with E-state index in [1.54, 1.807) is 0 Å². The number of ether oxygens (including phenoxy) is 1. The van der Waals surface area contributed by atoms with Crippen LogP contribution in [0.3, 0.4) is 0 Å². The van der Waals surface area contributed by atoms with Crippen LogP contribution in [0.4, 0.5) is 0 Å². The normalized spacial score (nSPS) is 30.6. The van der Waals surface area contributed by atoms with Gasteiger partial charge >= 0.3 is 0 Å². The summed E-state index contributed by atoms with van der Waals surface area (Å²) >= 11 is 0. The van der Waals surface area contributed by atoms with Gasteiger partial charge in [0.25, 0.3) is 0 Å². The van der Waals surface area contributed by atoms with E-state index in [-0.39, 0.29) is 18.1 Å². The molecule has 3 N–H and O–H groups in total. The molecule has 0 aromatic heterocycles. The van der Waals surface area contributed by atoms with Gasteiger partial charge in [-0.1, -0.05) is 0 Å². The molecule has 0 aromatic carbocycles. The van der Waals surface area contributed by atoms with Gasteiger partial charge in [0.15, 0.2) is 0 Å². The van der Waals surface area contributed by atoms with Crippen molar-refractivity contribution in [2.45, 2.75) is 37.9 Å². The highest BCUT2D eigenvalue weighted by Gasteiger charge is 2.30. The fourth-order valence-corrected chi connectivity index (χ4v) is 2.70. The lowest BCUT2D eigenvalue weighted by molar-refractivity contribution is -0.132. The van der Waals surface area contributed by atoms with Crippen molar-refractivity contribution in [3.05, 3.63) is 0 Å². The Kier molecular flexibility index (Phi) is 4.97. The van der Waals surface area contributed by atoms with E-state index in [0.717, 1.165) is 32.5 Å². The SMILES string of the molecule is CN1CCC(CNC(=O)[C@@H]2CC[C@H](CN)O2)CC1. The van der Waals surface area contributed by atoms with Crippen LogP contribution in [-0.2, 0) is 9.53 Å². The molecule has 0 aromatic rings. The highest BCUT2D eigenvalue weighted by Crippen LogP contribution is 2.19. The highest BCUT2D eigenvalue weighted by atomic mass is 16.5. The van der Waals surface area contributed by atoms with Crippen molar-refractivity contribution in [3.8, 4) is 0 Å². The van der Waals surface area contributed by atoms with Gasteiger partial charge in [-0.3, -0.25) is 4.79 Å². The summed E-state index contributed by atoms with van der Waals surface area (Å²) < 4.78 is 5.58. The minimum atomic E-state index is -0.273. The molecule has 2 rings (SSSR count). The van der Waals surface area contributed by atoms with E-state index in [9.17, 15) is 4.79 Å². The van der Waals surface area contributed by atoms with Crippen molar-refractivity contribution in [2.75, 3.05) is 33.2 Å². The number of nitrogens with one attached hydrogen (secondary N) is 1. The van der Waals surface area contributed by atoms with Crippen molar-refractivity contribution in [3.63, 3.8) is 0 Å². The number of piperidine rings is 1. The summed E-state index contributed by atoms with van der Waals surface area (Å²) in [5.41, 5.74) is 5.54. The second kappa shape index (κ2) is 6.50. The number of carbonyl (C=O) groups excluding carboxylic acids is 1.